The zero-order chi connectivity index (χ0) is 20.4. The van der Waals surface area contributed by atoms with Crippen molar-refractivity contribution >= 4 is 23.4 Å². The number of aromatic nitrogens is 3. The third kappa shape index (κ3) is 4.00. The third-order valence-electron chi connectivity index (χ3n) is 4.65. The van der Waals surface area contributed by atoms with E-state index in [9.17, 15) is 14.4 Å². The Kier molecular flexibility index (Phi) is 5.32. The molecule has 146 valence electrons. The largest absolute Gasteiger partial charge is 0.324 e. The Morgan fingerprint density at radius 1 is 1.24 bits per heavy atom. The molecule has 29 heavy (non-hydrogen) atoms. The van der Waals surface area contributed by atoms with Crippen LogP contribution in [-0.2, 0) is 4.79 Å². The number of hydrogen-bond acceptors (Lipinski definition) is 5. The highest BCUT2D eigenvalue weighted by molar-refractivity contribution is 8.00. The van der Waals surface area contributed by atoms with E-state index in [0.29, 0.717) is 27.8 Å². The van der Waals surface area contributed by atoms with Gasteiger partial charge >= 0.3 is 0 Å². The number of carbonyl (C=O) groups is 1. The molecule has 0 aliphatic heterocycles. The Balaban J connectivity index is 1.56. The van der Waals surface area contributed by atoms with Crippen molar-refractivity contribution in [2.75, 3.05) is 5.32 Å². The van der Waals surface area contributed by atoms with Crippen molar-refractivity contribution in [3.8, 4) is 17.5 Å². The van der Waals surface area contributed by atoms with Crippen LogP contribution >= 0.6 is 11.8 Å². The van der Waals surface area contributed by atoms with Gasteiger partial charge < -0.3 is 5.32 Å². The van der Waals surface area contributed by atoms with E-state index in [2.05, 4.69) is 21.6 Å². The molecule has 8 heteroatoms. The van der Waals surface area contributed by atoms with Crippen molar-refractivity contribution < 1.29 is 9.18 Å². The molecule has 1 aromatic heterocycles. The Bertz CT molecular complexity index is 1100. The Labute approximate surface area is 171 Å². The summed E-state index contributed by atoms with van der Waals surface area (Å²) >= 11 is 1.27. The second-order valence-corrected chi connectivity index (χ2v) is 8.10. The number of nitriles is 1. The number of anilines is 1. The van der Waals surface area contributed by atoms with Gasteiger partial charge in [0.15, 0.2) is 11.0 Å². The highest BCUT2D eigenvalue weighted by Gasteiger charge is 2.32. The molecule has 1 aliphatic carbocycles. The maximum Gasteiger partial charge on any atom is 0.237 e. The first-order chi connectivity index (χ1) is 14.1. The SMILES string of the molecule is C[C@@H](Sc1nnc(-c2ccccc2F)n1C1CC1)C(=O)Nc1ccccc1C#N. The first-order valence-electron chi connectivity index (χ1n) is 9.25. The van der Waals surface area contributed by atoms with Crippen molar-refractivity contribution in [1.82, 2.24) is 14.8 Å². The van der Waals surface area contributed by atoms with Gasteiger partial charge in [-0.05, 0) is 44.0 Å². The standard InChI is InChI=1S/C21H18FN5OS/c1-13(20(28)24-18-9-5-2-6-14(18)12-23)29-21-26-25-19(27(21)15-10-11-15)16-7-3-4-8-17(16)22/h2-9,13,15H,10-11H2,1H3,(H,24,28)/t13-/m1/s1. The fourth-order valence-corrected chi connectivity index (χ4v) is 3.90. The topological polar surface area (TPSA) is 83.6 Å². The van der Waals surface area contributed by atoms with Gasteiger partial charge in [0.25, 0.3) is 0 Å². The van der Waals surface area contributed by atoms with Crippen LogP contribution < -0.4 is 5.32 Å². The van der Waals surface area contributed by atoms with Crippen molar-refractivity contribution in [3.63, 3.8) is 0 Å². The molecule has 1 fully saturated rings. The second kappa shape index (κ2) is 8.05. The Hall–Kier alpha value is -3.18. The molecule has 0 unspecified atom stereocenters. The summed E-state index contributed by atoms with van der Waals surface area (Å²) in [6.07, 6.45) is 1.95. The first-order valence-corrected chi connectivity index (χ1v) is 10.1. The Morgan fingerprint density at radius 2 is 1.97 bits per heavy atom. The number of nitrogens with zero attached hydrogens (tertiary/aromatic N) is 4. The summed E-state index contributed by atoms with van der Waals surface area (Å²) in [5, 5.41) is 20.5. The van der Waals surface area contributed by atoms with Gasteiger partial charge in [-0.1, -0.05) is 36.0 Å². The van der Waals surface area contributed by atoms with E-state index in [1.165, 1.54) is 17.8 Å². The molecule has 2 aromatic carbocycles. The van der Waals surface area contributed by atoms with E-state index in [0.717, 1.165) is 12.8 Å². The number of carbonyl (C=O) groups excluding carboxylic acids is 1. The van der Waals surface area contributed by atoms with Gasteiger partial charge in [0, 0.05) is 6.04 Å². The van der Waals surface area contributed by atoms with Crippen molar-refractivity contribution in [3.05, 3.63) is 59.9 Å². The van der Waals surface area contributed by atoms with Crippen molar-refractivity contribution in [1.29, 1.82) is 5.26 Å². The molecule has 4 rings (SSSR count). The smallest absolute Gasteiger partial charge is 0.237 e. The minimum atomic E-state index is -0.475. The van der Waals surface area contributed by atoms with Gasteiger partial charge in [0.1, 0.15) is 11.9 Å². The predicted octanol–water partition coefficient (Wildman–Crippen LogP) is 4.41. The lowest BCUT2D eigenvalue weighted by atomic mass is 10.2. The monoisotopic (exact) mass is 407 g/mol. The fraction of sp³-hybridized carbons (Fsp3) is 0.238. The van der Waals surface area contributed by atoms with Crippen LogP contribution in [0.5, 0.6) is 0 Å². The summed E-state index contributed by atoms with van der Waals surface area (Å²) in [6, 6.07) is 15.6. The van der Waals surface area contributed by atoms with Crippen molar-refractivity contribution in [2.45, 2.75) is 36.2 Å². The average Bonchev–Trinajstić information content (AvgIpc) is 3.49. The summed E-state index contributed by atoms with van der Waals surface area (Å²) in [7, 11) is 0. The molecule has 1 saturated carbocycles. The highest BCUT2D eigenvalue weighted by Crippen LogP contribution is 2.42. The number of thioether (sulfide) groups is 1. The van der Waals surface area contributed by atoms with Crippen molar-refractivity contribution in [2.24, 2.45) is 0 Å². The van der Waals surface area contributed by atoms with Gasteiger partial charge in [0.05, 0.1) is 22.1 Å². The number of para-hydroxylation sites is 1. The van der Waals surface area contributed by atoms with Crippen LogP contribution in [0.1, 0.15) is 31.4 Å². The summed E-state index contributed by atoms with van der Waals surface area (Å²) in [6.45, 7) is 1.77. The van der Waals surface area contributed by atoms with E-state index >= 15 is 0 Å². The molecular formula is C21H18FN5OS. The number of hydrogen-bond donors (Lipinski definition) is 1. The zero-order valence-electron chi connectivity index (χ0n) is 15.7. The number of rotatable bonds is 6. The molecule has 0 spiro atoms. The minimum absolute atomic E-state index is 0.219. The molecule has 1 N–H and O–H groups in total. The summed E-state index contributed by atoms with van der Waals surface area (Å²) in [5.74, 6) is -0.108. The van der Waals surface area contributed by atoms with E-state index in [-0.39, 0.29) is 17.8 Å². The second-order valence-electron chi connectivity index (χ2n) is 6.79. The van der Waals surface area contributed by atoms with Crippen LogP contribution in [0.2, 0.25) is 0 Å². The summed E-state index contributed by atoms with van der Waals surface area (Å²) < 4.78 is 16.2. The summed E-state index contributed by atoms with van der Waals surface area (Å²) in [5.41, 5.74) is 1.28. The molecule has 1 amide bonds. The van der Waals surface area contributed by atoms with Gasteiger partial charge in [-0.15, -0.1) is 10.2 Å². The van der Waals surface area contributed by atoms with E-state index in [1.807, 2.05) is 4.57 Å². The van der Waals surface area contributed by atoms with Crippen LogP contribution in [0.4, 0.5) is 10.1 Å². The lowest BCUT2D eigenvalue weighted by Gasteiger charge is -2.14. The molecule has 0 bridgehead atoms. The van der Waals surface area contributed by atoms with Crippen LogP contribution in [0, 0.1) is 17.1 Å². The van der Waals surface area contributed by atoms with Gasteiger partial charge in [-0.25, -0.2) is 4.39 Å². The van der Waals surface area contributed by atoms with E-state index in [1.54, 1.807) is 49.4 Å². The maximum atomic E-state index is 14.3. The molecule has 1 heterocycles. The van der Waals surface area contributed by atoms with E-state index < -0.39 is 5.25 Å². The van der Waals surface area contributed by atoms with Crippen LogP contribution in [0.25, 0.3) is 11.4 Å². The summed E-state index contributed by atoms with van der Waals surface area (Å²) in [4.78, 5) is 12.7. The van der Waals surface area contributed by atoms with Gasteiger partial charge in [0.2, 0.25) is 5.91 Å². The highest BCUT2D eigenvalue weighted by atomic mass is 32.2. The number of amides is 1. The number of nitrogens with one attached hydrogen (secondary N) is 1. The zero-order valence-corrected chi connectivity index (χ0v) is 16.5. The van der Waals surface area contributed by atoms with Crippen LogP contribution in [0.15, 0.2) is 53.7 Å². The van der Waals surface area contributed by atoms with Gasteiger partial charge in [-0.3, -0.25) is 9.36 Å². The molecule has 6 nitrogen and oxygen atoms in total. The Morgan fingerprint density at radius 3 is 2.69 bits per heavy atom. The minimum Gasteiger partial charge on any atom is -0.324 e. The fourth-order valence-electron chi connectivity index (χ4n) is 2.98. The predicted molar refractivity (Wildman–Crippen MR) is 109 cm³/mol. The molecule has 3 aromatic rings. The normalized spacial score (nSPS) is 14.2. The molecular weight excluding hydrogens is 389 g/mol. The number of halogens is 1. The van der Waals surface area contributed by atoms with Crippen LogP contribution in [0.3, 0.4) is 0 Å². The van der Waals surface area contributed by atoms with Crippen LogP contribution in [-0.4, -0.2) is 25.9 Å². The molecule has 0 radical (unpaired) electrons. The number of benzene rings is 2. The molecule has 1 aliphatic rings. The molecule has 0 saturated heterocycles. The van der Waals surface area contributed by atoms with E-state index in [4.69, 9.17) is 0 Å². The maximum absolute atomic E-state index is 14.3. The lowest BCUT2D eigenvalue weighted by Crippen LogP contribution is -2.23. The first kappa shape index (κ1) is 19.2. The lowest BCUT2D eigenvalue weighted by molar-refractivity contribution is -0.115. The average molecular weight is 407 g/mol. The third-order valence-corrected chi connectivity index (χ3v) is 5.70. The molecule has 1 atom stereocenters. The quantitative estimate of drug-likeness (QED) is 0.612. The van der Waals surface area contributed by atoms with Gasteiger partial charge in [-0.2, -0.15) is 5.26 Å².